The minimum absolute atomic E-state index is 0.234. The predicted octanol–water partition coefficient (Wildman–Crippen LogP) is 1.61. The first-order valence-corrected chi connectivity index (χ1v) is 3.79. The van der Waals surface area contributed by atoms with Crippen molar-refractivity contribution < 1.29 is 26.3 Å². The summed E-state index contributed by atoms with van der Waals surface area (Å²) in [5.41, 5.74) is 1.33. The molecule has 0 aromatic carbocycles. The van der Waals surface area contributed by atoms with Crippen molar-refractivity contribution in [2.75, 3.05) is 6.54 Å². The zero-order valence-electron chi connectivity index (χ0n) is 7.58. The van der Waals surface area contributed by atoms with Gasteiger partial charge >= 0.3 is 12.4 Å². The number of halogens is 6. The third kappa shape index (κ3) is 3.94. The van der Waals surface area contributed by atoms with E-state index >= 15 is 0 Å². The molecule has 0 amide bonds. The molecule has 9 heteroatoms. The van der Waals surface area contributed by atoms with Crippen LogP contribution in [-0.2, 0) is 0 Å². The van der Waals surface area contributed by atoms with Crippen LogP contribution in [0.1, 0.15) is 6.92 Å². The first-order valence-electron chi connectivity index (χ1n) is 3.79. The molecule has 0 atom stereocenters. The predicted molar refractivity (Wildman–Crippen MR) is 40.9 cm³/mol. The number of alkyl halides is 6. The maximum atomic E-state index is 12.1. The van der Waals surface area contributed by atoms with E-state index < -0.39 is 24.1 Å². The van der Waals surface area contributed by atoms with Crippen LogP contribution in [0.15, 0.2) is 4.99 Å². The topological polar surface area (TPSA) is 50.4 Å². The van der Waals surface area contributed by atoms with Crippen LogP contribution in [0.4, 0.5) is 26.3 Å². The van der Waals surface area contributed by atoms with Crippen molar-refractivity contribution in [1.82, 2.24) is 5.43 Å². The van der Waals surface area contributed by atoms with Crippen LogP contribution in [-0.4, -0.2) is 24.7 Å². The van der Waals surface area contributed by atoms with Crippen molar-refractivity contribution in [2.24, 2.45) is 16.8 Å². The zero-order chi connectivity index (χ0) is 12.3. The van der Waals surface area contributed by atoms with Crippen molar-refractivity contribution in [2.45, 2.75) is 19.3 Å². The Morgan fingerprint density at radius 3 is 1.80 bits per heavy atom. The maximum absolute atomic E-state index is 12.1. The van der Waals surface area contributed by atoms with Crippen molar-refractivity contribution in [3.8, 4) is 0 Å². The maximum Gasteiger partial charge on any atom is 0.407 e. The van der Waals surface area contributed by atoms with Gasteiger partial charge in [0.1, 0.15) is 5.84 Å². The van der Waals surface area contributed by atoms with Gasteiger partial charge in [0, 0.05) is 6.54 Å². The van der Waals surface area contributed by atoms with Crippen molar-refractivity contribution in [3.63, 3.8) is 0 Å². The Morgan fingerprint density at radius 1 is 1.20 bits per heavy atom. The molecule has 0 aliphatic heterocycles. The second-order valence-corrected chi connectivity index (χ2v) is 2.52. The molecule has 0 fully saturated rings. The first kappa shape index (κ1) is 14.0. The van der Waals surface area contributed by atoms with Crippen LogP contribution in [0.2, 0.25) is 0 Å². The van der Waals surface area contributed by atoms with Crippen LogP contribution in [0.5, 0.6) is 0 Å². The van der Waals surface area contributed by atoms with Gasteiger partial charge in [0.05, 0.1) is 0 Å². The minimum Gasteiger partial charge on any atom is -0.311 e. The largest absolute Gasteiger partial charge is 0.407 e. The number of amidine groups is 1. The van der Waals surface area contributed by atoms with Gasteiger partial charge in [-0.2, -0.15) is 26.3 Å². The molecule has 0 aliphatic rings. The molecule has 0 bridgehead atoms. The summed E-state index contributed by atoms with van der Waals surface area (Å²) in [4.78, 5) is 3.02. The van der Waals surface area contributed by atoms with E-state index in [1.54, 1.807) is 0 Å². The quantitative estimate of drug-likeness (QED) is 0.252. The van der Waals surface area contributed by atoms with Crippen LogP contribution in [0, 0.1) is 5.92 Å². The summed E-state index contributed by atoms with van der Waals surface area (Å²) >= 11 is 0. The molecular formula is C6H9F6N3. The molecule has 0 spiro atoms. The van der Waals surface area contributed by atoms with Gasteiger partial charge in [0.15, 0.2) is 0 Å². The Kier molecular flexibility index (Phi) is 4.38. The lowest BCUT2D eigenvalue weighted by Crippen LogP contribution is -2.50. The number of aliphatic imine (C=N–C) groups is 1. The molecule has 0 heterocycles. The fourth-order valence-electron chi connectivity index (χ4n) is 0.886. The Balaban J connectivity index is 5.20. The molecule has 0 saturated heterocycles. The van der Waals surface area contributed by atoms with Gasteiger partial charge < -0.3 is 5.43 Å². The lowest BCUT2D eigenvalue weighted by Gasteiger charge is -2.23. The Morgan fingerprint density at radius 2 is 1.60 bits per heavy atom. The summed E-state index contributed by atoms with van der Waals surface area (Å²) in [5.74, 6) is -0.435. The molecule has 0 aromatic rings. The highest BCUT2D eigenvalue weighted by Crippen LogP contribution is 2.39. The van der Waals surface area contributed by atoms with E-state index in [4.69, 9.17) is 0 Å². The number of hydrogen-bond donors (Lipinski definition) is 2. The molecule has 0 unspecified atom stereocenters. The molecule has 0 aliphatic carbocycles. The monoisotopic (exact) mass is 237 g/mol. The van der Waals surface area contributed by atoms with Crippen LogP contribution < -0.4 is 11.3 Å². The van der Waals surface area contributed by atoms with Crippen LogP contribution >= 0.6 is 0 Å². The minimum atomic E-state index is -5.47. The highest BCUT2D eigenvalue weighted by molar-refractivity contribution is 5.85. The number of hydrazine groups is 1. The lowest BCUT2D eigenvalue weighted by atomic mass is 10.1. The molecule has 3 N–H and O–H groups in total. The molecular weight excluding hydrogens is 228 g/mol. The van der Waals surface area contributed by atoms with Gasteiger partial charge in [-0.1, -0.05) is 0 Å². The summed E-state index contributed by atoms with van der Waals surface area (Å²) in [7, 11) is 0. The van der Waals surface area contributed by atoms with E-state index in [0.29, 0.717) is 0 Å². The molecule has 0 saturated carbocycles. The fourth-order valence-corrected chi connectivity index (χ4v) is 0.886. The Bertz CT molecular complexity index is 216. The molecule has 15 heavy (non-hydrogen) atoms. The van der Waals surface area contributed by atoms with Gasteiger partial charge in [0.25, 0.3) is 0 Å². The number of nitrogens with one attached hydrogen (secondary N) is 1. The summed E-state index contributed by atoms with van der Waals surface area (Å²) in [5, 5.41) is 0. The lowest BCUT2D eigenvalue weighted by molar-refractivity contribution is -0.261. The van der Waals surface area contributed by atoms with E-state index in [1.807, 2.05) is 0 Å². The van der Waals surface area contributed by atoms with Gasteiger partial charge in [-0.05, 0) is 6.92 Å². The first-order chi connectivity index (χ1) is 6.64. The average molecular weight is 237 g/mol. The van der Waals surface area contributed by atoms with Crippen molar-refractivity contribution in [1.29, 1.82) is 0 Å². The molecule has 90 valence electrons. The van der Waals surface area contributed by atoms with Gasteiger partial charge in [0.2, 0.25) is 5.92 Å². The summed E-state index contributed by atoms with van der Waals surface area (Å²) in [6, 6.07) is 0. The Labute approximate surface area is 81.3 Å². The second-order valence-electron chi connectivity index (χ2n) is 2.52. The SMILES string of the molecule is CCN=C(NN)C(C(F)(F)F)C(F)(F)F. The summed E-state index contributed by atoms with van der Waals surface area (Å²) in [6.45, 7) is 1.06. The molecule has 0 radical (unpaired) electrons. The number of hydrogen-bond acceptors (Lipinski definition) is 2. The smallest absolute Gasteiger partial charge is 0.311 e. The van der Waals surface area contributed by atoms with E-state index in [0.717, 1.165) is 0 Å². The van der Waals surface area contributed by atoms with E-state index in [2.05, 4.69) is 10.8 Å². The summed E-state index contributed by atoms with van der Waals surface area (Å²) < 4.78 is 72.5. The number of nitrogens with zero attached hydrogens (tertiary/aromatic N) is 1. The highest BCUT2D eigenvalue weighted by atomic mass is 19.4. The van der Waals surface area contributed by atoms with Crippen molar-refractivity contribution in [3.05, 3.63) is 0 Å². The van der Waals surface area contributed by atoms with Gasteiger partial charge in [-0.25, -0.2) is 5.84 Å². The van der Waals surface area contributed by atoms with Crippen LogP contribution in [0.3, 0.4) is 0 Å². The molecule has 3 nitrogen and oxygen atoms in total. The van der Waals surface area contributed by atoms with E-state index in [1.165, 1.54) is 12.3 Å². The third-order valence-electron chi connectivity index (χ3n) is 1.40. The van der Waals surface area contributed by atoms with E-state index in [-0.39, 0.29) is 6.54 Å². The molecule has 0 aromatic heterocycles. The fraction of sp³-hybridized carbons (Fsp3) is 0.833. The third-order valence-corrected chi connectivity index (χ3v) is 1.40. The molecule has 0 rings (SSSR count). The Hall–Kier alpha value is -0.990. The van der Waals surface area contributed by atoms with Crippen LogP contribution in [0.25, 0.3) is 0 Å². The average Bonchev–Trinajstić information content (AvgIpc) is 1.98. The van der Waals surface area contributed by atoms with Crippen molar-refractivity contribution >= 4 is 5.84 Å². The number of rotatable bonds is 2. The van der Waals surface area contributed by atoms with Gasteiger partial charge in [-0.15, -0.1) is 0 Å². The van der Waals surface area contributed by atoms with E-state index in [9.17, 15) is 26.3 Å². The normalized spacial score (nSPS) is 14.6. The zero-order valence-corrected chi connectivity index (χ0v) is 7.58. The summed E-state index contributed by atoms with van der Waals surface area (Å²) in [6.07, 6.45) is -10.9. The standard InChI is InChI=1S/C6H9F6N3/c1-2-14-4(15-13)3(5(7,8)9)6(10,11)12/h3H,2,13H2,1H3,(H,14,15). The highest BCUT2D eigenvalue weighted by Gasteiger charge is 2.59. The second kappa shape index (κ2) is 4.69. The van der Waals surface area contributed by atoms with Gasteiger partial charge in [-0.3, -0.25) is 4.99 Å². The number of nitrogens with two attached hydrogens (primary N) is 1.